The molecule has 0 heterocycles. The van der Waals surface area contributed by atoms with Gasteiger partial charge in [0.2, 0.25) is 5.91 Å². The van der Waals surface area contributed by atoms with Crippen LogP contribution in [0.5, 0.6) is 5.75 Å². The Morgan fingerprint density at radius 1 is 1.40 bits per heavy atom. The van der Waals surface area contributed by atoms with Crippen molar-refractivity contribution in [1.82, 2.24) is 10.6 Å². The van der Waals surface area contributed by atoms with Gasteiger partial charge in [-0.15, -0.1) is 0 Å². The van der Waals surface area contributed by atoms with Crippen molar-refractivity contribution in [3.8, 4) is 5.75 Å². The second-order valence-corrected chi connectivity index (χ2v) is 5.43. The standard InChI is InChI=1S/C13H17ClN2O3S/c1-15-13(18)16-12(17)5-6-20-8-9-7-10(14)3-4-11(9)19-2/h3-4,7H,5-6,8H2,1-2H3,(H2,15,16,17,18). The lowest BCUT2D eigenvalue weighted by Crippen LogP contribution is -2.37. The Balaban J connectivity index is 2.36. The number of carbonyl (C=O) groups is 2. The van der Waals surface area contributed by atoms with Crippen molar-refractivity contribution in [2.24, 2.45) is 0 Å². The van der Waals surface area contributed by atoms with E-state index in [1.54, 1.807) is 24.9 Å². The summed E-state index contributed by atoms with van der Waals surface area (Å²) >= 11 is 7.51. The van der Waals surface area contributed by atoms with Gasteiger partial charge in [0.15, 0.2) is 0 Å². The molecule has 1 aromatic rings. The largest absolute Gasteiger partial charge is 0.496 e. The normalized spacial score (nSPS) is 9.95. The zero-order valence-corrected chi connectivity index (χ0v) is 12.9. The monoisotopic (exact) mass is 316 g/mol. The first-order valence-electron chi connectivity index (χ1n) is 5.98. The molecule has 0 aliphatic heterocycles. The molecule has 0 aromatic heterocycles. The van der Waals surface area contributed by atoms with Gasteiger partial charge in [-0.05, 0) is 18.2 Å². The number of thioether (sulfide) groups is 1. The van der Waals surface area contributed by atoms with E-state index in [-0.39, 0.29) is 12.3 Å². The molecular formula is C13H17ClN2O3S. The number of hydrogen-bond donors (Lipinski definition) is 2. The molecule has 1 aromatic carbocycles. The molecule has 3 amide bonds. The Hall–Kier alpha value is -1.40. The first kappa shape index (κ1) is 16.7. The van der Waals surface area contributed by atoms with Gasteiger partial charge in [0.25, 0.3) is 0 Å². The lowest BCUT2D eigenvalue weighted by atomic mass is 10.2. The van der Waals surface area contributed by atoms with E-state index in [0.717, 1.165) is 11.3 Å². The summed E-state index contributed by atoms with van der Waals surface area (Å²) in [5.74, 6) is 1.78. The molecule has 0 saturated carbocycles. The third-order valence-corrected chi connectivity index (χ3v) is 3.70. The number of hydrogen-bond acceptors (Lipinski definition) is 4. The molecule has 0 radical (unpaired) electrons. The summed E-state index contributed by atoms with van der Waals surface area (Å²) in [5.41, 5.74) is 0.983. The number of benzene rings is 1. The molecule has 0 fully saturated rings. The summed E-state index contributed by atoms with van der Waals surface area (Å²) in [4.78, 5) is 22.3. The minimum atomic E-state index is -0.489. The Kier molecular flexibility index (Phi) is 7.25. The van der Waals surface area contributed by atoms with Crippen LogP contribution in [0.25, 0.3) is 0 Å². The number of rotatable bonds is 6. The van der Waals surface area contributed by atoms with Crippen LogP contribution in [0.1, 0.15) is 12.0 Å². The number of amides is 3. The zero-order valence-electron chi connectivity index (χ0n) is 11.4. The molecule has 0 aliphatic carbocycles. The van der Waals surface area contributed by atoms with Gasteiger partial charge in [-0.25, -0.2) is 4.79 Å². The first-order valence-corrected chi connectivity index (χ1v) is 7.51. The van der Waals surface area contributed by atoms with Crippen molar-refractivity contribution in [2.75, 3.05) is 19.9 Å². The van der Waals surface area contributed by atoms with E-state index in [2.05, 4.69) is 10.6 Å². The highest BCUT2D eigenvalue weighted by Crippen LogP contribution is 2.26. The molecule has 0 spiro atoms. The summed E-state index contributed by atoms with van der Waals surface area (Å²) < 4.78 is 5.24. The molecule has 0 atom stereocenters. The Labute approximate surface area is 127 Å². The average molecular weight is 317 g/mol. The molecule has 0 unspecified atom stereocenters. The van der Waals surface area contributed by atoms with Gasteiger partial charge in [0.1, 0.15) is 5.75 Å². The van der Waals surface area contributed by atoms with Gasteiger partial charge in [0, 0.05) is 35.6 Å². The molecule has 110 valence electrons. The summed E-state index contributed by atoms with van der Waals surface area (Å²) in [6, 6.07) is 4.94. The fourth-order valence-corrected chi connectivity index (χ4v) is 2.57. The fourth-order valence-electron chi connectivity index (χ4n) is 1.46. The van der Waals surface area contributed by atoms with Crippen molar-refractivity contribution >= 4 is 35.3 Å². The van der Waals surface area contributed by atoms with Crippen LogP contribution in [0.15, 0.2) is 18.2 Å². The van der Waals surface area contributed by atoms with Crippen LogP contribution >= 0.6 is 23.4 Å². The quantitative estimate of drug-likeness (QED) is 0.791. The van der Waals surface area contributed by atoms with Crippen LogP contribution in [0, 0.1) is 0 Å². The molecule has 1 rings (SSSR count). The maximum Gasteiger partial charge on any atom is 0.321 e. The second-order valence-electron chi connectivity index (χ2n) is 3.89. The highest BCUT2D eigenvalue weighted by molar-refractivity contribution is 7.98. The van der Waals surface area contributed by atoms with Crippen LogP contribution in [0.3, 0.4) is 0 Å². The van der Waals surface area contributed by atoms with Crippen LogP contribution in [-0.2, 0) is 10.5 Å². The fraction of sp³-hybridized carbons (Fsp3) is 0.385. The van der Waals surface area contributed by atoms with Crippen molar-refractivity contribution in [2.45, 2.75) is 12.2 Å². The molecular weight excluding hydrogens is 300 g/mol. The number of methoxy groups -OCH3 is 1. The molecule has 5 nitrogen and oxygen atoms in total. The summed E-state index contributed by atoms with van der Waals surface area (Å²) in [7, 11) is 3.07. The number of carbonyl (C=O) groups excluding carboxylic acids is 2. The topological polar surface area (TPSA) is 67.4 Å². The van der Waals surface area contributed by atoms with Crippen molar-refractivity contribution in [3.05, 3.63) is 28.8 Å². The molecule has 2 N–H and O–H groups in total. The third kappa shape index (κ3) is 5.71. The van der Waals surface area contributed by atoms with E-state index in [4.69, 9.17) is 16.3 Å². The molecule has 0 saturated heterocycles. The Morgan fingerprint density at radius 3 is 2.80 bits per heavy atom. The summed E-state index contributed by atoms with van der Waals surface area (Å²) in [6.07, 6.45) is 0.279. The van der Waals surface area contributed by atoms with Gasteiger partial charge in [0.05, 0.1) is 7.11 Å². The SMILES string of the molecule is CNC(=O)NC(=O)CCSCc1cc(Cl)ccc1OC. The van der Waals surface area contributed by atoms with Crippen LogP contribution in [0.4, 0.5) is 4.79 Å². The lowest BCUT2D eigenvalue weighted by Gasteiger charge is -2.08. The molecule has 20 heavy (non-hydrogen) atoms. The van der Waals surface area contributed by atoms with Crippen LogP contribution < -0.4 is 15.4 Å². The van der Waals surface area contributed by atoms with Crippen molar-refractivity contribution < 1.29 is 14.3 Å². The second kappa shape index (κ2) is 8.71. The average Bonchev–Trinajstić information content (AvgIpc) is 2.43. The number of nitrogens with one attached hydrogen (secondary N) is 2. The highest BCUT2D eigenvalue weighted by atomic mass is 35.5. The molecule has 0 bridgehead atoms. The minimum Gasteiger partial charge on any atom is -0.496 e. The minimum absolute atomic E-state index is 0.279. The van der Waals surface area contributed by atoms with Gasteiger partial charge in [-0.3, -0.25) is 10.1 Å². The first-order chi connectivity index (χ1) is 9.56. The van der Waals surface area contributed by atoms with Crippen molar-refractivity contribution in [3.63, 3.8) is 0 Å². The molecule has 0 aliphatic rings. The number of halogens is 1. The smallest absolute Gasteiger partial charge is 0.321 e. The number of imide groups is 1. The Morgan fingerprint density at radius 2 is 2.15 bits per heavy atom. The van der Waals surface area contributed by atoms with Crippen molar-refractivity contribution in [1.29, 1.82) is 0 Å². The van der Waals surface area contributed by atoms with E-state index in [1.807, 2.05) is 12.1 Å². The van der Waals surface area contributed by atoms with Gasteiger partial charge < -0.3 is 10.1 Å². The summed E-state index contributed by atoms with van der Waals surface area (Å²) in [6.45, 7) is 0. The highest BCUT2D eigenvalue weighted by Gasteiger charge is 2.07. The van der Waals surface area contributed by atoms with E-state index in [1.165, 1.54) is 7.05 Å². The number of ether oxygens (including phenoxy) is 1. The Bertz CT molecular complexity index is 483. The third-order valence-electron chi connectivity index (χ3n) is 2.45. The number of urea groups is 1. The van der Waals surface area contributed by atoms with E-state index in [9.17, 15) is 9.59 Å². The van der Waals surface area contributed by atoms with E-state index >= 15 is 0 Å². The predicted molar refractivity (Wildman–Crippen MR) is 81.4 cm³/mol. The van der Waals surface area contributed by atoms with Gasteiger partial charge in [-0.2, -0.15) is 11.8 Å². The van der Waals surface area contributed by atoms with Crippen LogP contribution in [0.2, 0.25) is 5.02 Å². The lowest BCUT2D eigenvalue weighted by molar-refractivity contribution is -0.119. The van der Waals surface area contributed by atoms with Gasteiger partial charge >= 0.3 is 6.03 Å². The maximum atomic E-state index is 11.4. The predicted octanol–water partition coefficient (Wildman–Crippen LogP) is 2.43. The summed E-state index contributed by atoms with van der Waals surface area (Å²) in [5, 5.41) is 5.19. The van der Waals surface area contributed by atoms with Gasteiger partial charge in [-0.1, -0.05) is 11.6 Å². The zero-order chi connectivity index (χ0) is 15.0. The van der Waals surface area contributed by atoms with E-state index in [0.29, 0.717) is 16.5 Å². The van der Waals surface area contributed by atoms with E-state index < -0.39 is 6.03 Å². The molecule has 7 heteroatoms. The van der Waals surface area contributed by atoms with Crippen LogP contribution in [-0.4, -0.2) is 31.8 Å². The maximum absolute atomic E-state index is 11.4.